The van der Waals surface area contributed by atoms with Crippen molar-refractivity contribution in [3.8, 4) is 0 Å². The molecule has 1 aromatic carbocycles. The van der Waals surface area contributed by atoms with E-state index >= 15 is 0 Å². The number of ketones is 1. The summed E-state index contributed by atoms with van der Waals surface area (Å²) in [4.78, 5) is 76.2. The lowest BCUT2D eigenvalue weighted by Gasteiger charge is -2.36. The lowest BCUT2D eigenvalue weighted by molar-refractivity contribution is -0.145. The Hall–Kier alpha value is -3.48. The normalized spacial score (nSPS) is 25.2. The van der Waals surface area contributed by atoms with E-state index in [9.17, 15) is 24.0 Å². The molecule has 1 unspecified atom stereocenters. The van der Waals surface area contributed by atoms with E-state index in [0.29, 0.717) is 30.4 Å². The zero-order valence-electron chi connectivity index (χ0n) is 29.2. The monoisotopic (exact) mass is 711 g/mol. The van der Waals surface area contributed by atoms with E-state index in [1.165, 1.54) is 4.90 Å². The Morgan fingerprint density at radius 2 is 1.76 bits per heavy atom. The van der Waals surface area contributed by atoms with Crippen molar-refractivity contribution in [3.05, 3.63) is 40.9 Å². The fraction of sp³-hybridized carbons (Fsp3) is 0.649. The van der Waals surface area contributed by atoms with E-state index < -0.39 is 52.6 Å². The molecule has 12 nitrogen and oxygen atoms in total. The molecule has 50 heavy (non-hydrogen) atoms. The molecule has 5 aliphatic rings. The van der Waals surface area contributed by atoms with Crippen LogP contribution in [0.3, 0.4) is 0 Å². The smallest absolute Gasteiger partial charge is 0.289 e. The molecular weight excluding hydrogens is 662 g/mol. The van der Waals surface area contributed by atoms with Gasteiger partial charge >= 0.3 is 0 Å². The number of nitrogens with one attached hydrogen (secondary N) is 4. The van der Waals surface area contributed by atoms with E-state index in [-0.39, 0.29) is 43.2 Å². The van der Waals surface area contributed by atoms with Gasteiger partial charge in [0.2, 0.25) is 23.5 Å². The Morgan fingerprint density at radius 3 is 2.40 bits per heavy atom. The van der Waals surface area contributed by atoms with Gasteiger partial charge in [0, 0.05) is 42.7 Å². The summed E-state index contributed by atoms with van der Waals surface area (Å²) < 4.78 is 5.45. The van der Waals surface area contributed by atoms with Crippen molar-refractivity contribution >= 4 is 46.7 Å². The Balaban J connectivity index is 1.26. The van der Waals surface area contributed by atoms with Crippen LogP contribution in [0.2, 0.25) is 5.02 Å². The van der Waals surface area contributed by atoms with Gasteiger partial charge in [0.25, 0.3) is 5.91 Å². The highest BCUT2D eigenvalue weighted by Gasteiger charge is 2.54. The molecule has 3 aliphatic heterocycles. The fourth-order valence-corrected chi connectivity index (χ4v) is 7.46. The molecule has 6 rings (SSSR count). The number of benzene rings is 1. The van der Waals surface area contributed by atoms with Gasteiger partial charge in [0.05, 0.1) is 18.3 Å². The van der Waals surface area contributed by atoms with Gasteiger partial charge in [-0.3, -0.25) is 34.3 Å². The van der Waals surface area contributed by atoms with Crippen LogP contribution in [0.1, 0.15) is 90.5 Å². The molecule has 4 atom stereocenters. The number of Topliss-reactive ketones (excluding diaryl/α,β-unsaturated/α-hetero) is 1. The summed E-state index contributed by atoms with van der Waals surface area (Å²) in [5.41, 5.74) is 2.62. The summed E-state index contributed by atoms with van der Waals surface area (Å²) in [5.74, 6) is -2.15. The Labute approximate surface area is 298 Å². The van der Waals surface area contributed by atoms with Crippen molar-refractivity contribution in [1.29, 1.82) is 0 Å². The number of ether oxygens (including phenoxy) is 1. The van der Waals surface area contributed by atoms with Crippen molar-refractivity contribution in [2.45, 2.75) is 115 Å². The Kier molecular flexibility index (Phi) is 10.9. The minimum absolute atomic E-state index is 0.00205. The predicted molar refractivity (Wildman–Crippen MR) is 186 cm³/mol. The summed E-state index contributed by atoms with van der Waals surface area (Å²) in [7, 11) is 0. The van der Waals surface area contributed by atoms with Crippen LogP contribution >= 0.6 is 11.6 Å². The van der Waals surface area contributed by atoms with Gasteiger partial charge in [0.15, 0.2) is 0 Å². The van der Waals surface area contributed by atoms with Gasteiger partial charge in [0.1, 0.15) is 17.7 Å². The number of carbonyl (C=O) groups excluding carboxylic acids is 5. The van der Waals surface area contributed by atoms with Gasteiger partial charge in [-0.05, 0) is 67.6 Å². The number of carbonyl (C=O) groups is 5. The Morgan fingerprint density at radius 1 is 1.02 bits per heavy atom. The van der Waals surface area contributed by atoms with Crippen LogP contribution in [-0.4, -0.2) is 83.8 Å². The molecule has 0 aromatic heterocycles. The molecule has 2 saturated carbocycles. The molecule has 4 amide bonds. The molecule has 0 bridgehead atoms. The molecule has 3 heterocycles. The van der Waals surface area contributed by atoms with Crippen molar-refractivity contribution in [1.82, 2.24) is 26.3 Å². The molecule has 13 heteroatoms. The fourth-order valence-electron chi connectivity index (χ4n) is 7.27. The summed E-state index contributed by atoms with van der Waals surface area (Å²) in [6.45, 7) is 6.87. The first-order valence-electron chi connectivity index (χ1n) is 18.1. The molecule has 272 valence electrons. The molecule has 1 aromatic rings. The highest BCUT2D eigenvalue weighted by molar-refractivity contribution is 6.38. The number of hydrogen-bond donors (Lipinski definition) is 4. The first-order valence-corrected chi connectivity index (χ1v) is 18.4. The number of hydroxylamine groups is 1. The van der Waals surface area contributed by atoms with Crippen LogP contribution in [0.5, 0.6) is 0 Å². The van der Waals surface area contributed by atoms with Crippen LogP contribution in [-0.2, 0) is 33.5 Å². The van der Waals surface area contributed by atoms with Crippen molar-refractivity contribution in [2.24, 2.45) is 17.3 Å². The predicted octanol–water partition coefficient (Wildman–Crippen LogP) is 3.43. The van der Waals surface area contributed by atoms with Gasteiger partial charge in [-0.25, -0.2) is 0 Å². The standard InChI is InChI=1S/C37H50ClN5O7/c1-36(2,3)32(41-30(44)17-23-12-14-49-15-13-23)35(48)43-21-37(19-28(42-50-37)24-8-5-9-25(38)18-24)20-29(43)33(46)40-27(16-22-6-4-7-22)31(45)34(47)39-26-10-11-26/h5,8-9,18-19,22-23,26-27,29,32,42H,4,6-7,10-17,20-21H2,1-3H3,(H,39,47)(H,40,46)(H,41,44)/t27?,29-,32+,37+/m0/s1. The zero-order valence-corrected chi connectivity index (χ0v) is 30.0. The minimum atomic E-state index is -1.08. The van der Waals surface area contributed by atoms with Crippen molar-refractivity contribution in [2.75, 3.05) is 19.8 Å². The van der Waals surface area contributed by atoms with Crippen LogP contribution in [0.25, 0.3) is 5.70 Å². The average Bonchev–Trinajstić information content (AvgIpc) is 3.65. The van der Waals surface area contributed by atoms with Gasteiger partial charge in [-0.2, -0.15) is 0 Å². The number of amides is 4. The lowest BCUT2D eigenvalue weighted by Crippen LogP contribution is -2.59. The summed E-state index contributed by atoms with van der Waals surface area (Å²) >= 11 is 6.26. The number of hydrogen-bond acceptors (Lipinski definition) is 8. The highest BCUT2D eigenvalue weighted by Crippen LogP contribution is 2.39. The van der Waals surface area contributed by atoms with E-state index in [1.807, 2.05) is 39.0 Å². The number of rotatable bonds is 12. The van der Waals surface area contributed by atoms with E-state index in [2.05, 4.69) is 21.4 Å². The SMILES string of the molecule is CC(C)(C)[C@H](NC(=O)CC1CCOCC1)C(=O)N1C[C@@]2(C=C(c3cccc(Cl)c3)NO2)C[C@H]1C(=O)NC(CC1CCC1)C(=O)C(=O)NC1CC1. The van der Waals surface area contributed by atoms with Gasteiger partial charge < -0.3 is 25.6 Å². The quantitative estimate of drug-likeness (QED) is 0.241. The Bertz CT molecular complexity index is 1510. The first kappa shape index (κ1) is 36.3. The van der Waals surface area contributed by atoms with E-state index in [0.717, 1.165) is 50.5 Å². The van der Waals surface area contributed by atoms with Gasteiger partial charge in [-0.1, -0.05) is 63.8 Å². The zero-order chi connectivity index (χ0) is 35.6. The topological polar surface area (TPSA) is 155 Å². The largest absolute Gasteiger partial charge is 0.381 e. The second kappa shape index (κ2) is 15.0. The molecule has 1 spiro atoms. The second-order valence-corrected chi connectivity index (χ2v) is 16.3. The maximum absolute atomic E-state index is 14.6. The number of likely N-dealkylation sites (tertiary alicyclic amines) is 1. The van der Waals surface area contributed by atoms with Crippen LogP contribution < -0.4 is 21.4 Å². The summed E-state index contributed by atoms with van der Waals surface area (Å²) in [6.07, 6.45) is 8.72. The first-order chi connectivity index (χ1) is 23.8. The third-order valence-corrected chi connectivity index (χ3v) is 10.9. The summed E-state index contributed by atoms with van der Waals surface area (Å²) in [6, 6.07) is 4.25. The minimum Gasteiger partial charge on any atom is -0.381 e. The third-order valence-electron chi connectivity index (χ3n) is 10.6. The van der Waals surface area contributed by atoms with Crippen LogP contribution in [0.15, 0.2) is 30.3 Å². The van der Waals surface area contributed by atoms with E-state index in [1.54, 1.807) is 12.1 Å². The van der Waals surface area contributed by atoms with Crippen molar-refractivity contribution < 1.29 is 33.5 Å². The molecule has 4 fully saturated rings. The maximum atomic E-state index is 14.6. The molecule has 4 N–H and O–H groups in total. The number of nitrogens with zero attached hydrogens (tertiary/aromatic N) is 1. The highest BCUT2D eigenvalue weighted by atomic mass is 35.5. The second-order valence-electron chi connectivity index (χ2n) is 15.9. The molecule has 0 radical (unpaired) electrons. The molecular formula is C37H50ClN5O7. The van der Waals surface area contributed by atoms with Crippen LogP contribution in [0, 0.1) is 17.3 Å². The maximum Gasteiger partial charge on any atom is 0.289 e. The van der Waals surface area contributed by atoms with E-state index in [4.69, 9.17) is 21.2 Å². The van der Waals surface area contributed by atoms with Crippen LogP contribution in [0.4, 0.5) is 0 Å². The average molecular weight is 712 g/mol. The molecule has 2 aliphatic carbocycles. The number of halogens is 1. The van der Waals surface area contributed by atoms with Gasteiger partial charge in [-0.15, -0.1) is 0 Å². The summed E-state index contributed by atoms with van der Waals surface area (Å²) in [5, 5.41) is 9.20. The van der Waals surface area contributed by atoms with Crippen molar-refractivity contribution in [3.63, 3.8) is 0 Å². The third kappa shape index (κ3) is 8.69. The molecule has 2 saturated heterocycles. The lowest BCUT2D eigenvalue weighted by atomic mass is 9.80.